The number of amides is 1. The molecule has 1 saturated carbocycles. The van der Waals surface area contributed by atoms with Gasteiger partial charge in [0.15, 0.2) is 5.69 Å². The van der Waals surface area contributed by atoms with Crippen LogP contribution < -0.4 is 5.32 Å². The highest BCUT2D eigenvalue weighted by molar-refractivity contribution is 6.02. The molecule has 1 aromatic heterocycles. The maximum Gasteiger partial charge on any atom is 0.276 e. The standard InChI is InChI=1S/C15H15N3O/c1-10-3-2-4-12(9-10)16-15(19)14-8-7-13(17-18-14)11-5-6-11/h2-4,7-9,11H,5-6H2,1H3,(H,16,19). The number of benzene rings is 1. The predicted octanol–water partition coefficient (Wildman–Crippen LogP) is 2.91. The zero-order valence-electron chi connectivity index (χ0n) is 10.8. The molecule has 3 rings (SSSR count). The first-order chi connectivity index (χ1) is 9.22. The van der Waals surface area contributed by atoms with Gasteiger partial charge in [-0.05, 0) is 49.6 Å². The molecule has 1 fully saturated rings. The maximum atomic E-state index is 12.0. The molecule has 4 heteroatoms. The largest absolute Gasteiger partial charge is 0.321 e. The zero-order chi connectivity index (χ0) is 13.2. The molecule has 19 heavy (non-hydrogen) atoms. The SMILES string of the molecule is Cc1cccc(NC(=O)c2ccc(C3CC3)nn2)c1. The molecule has 1 heterocycles. The lowest BCUT2D eigenvalue weighted by molar-refractivity contribution is 0.102. The predicted molar refractivity (Wildman–Crippen MR) is 73.1 cm³/mol. The summed E-state index contributed by atoms with van der Waals surface area (Å²) in [6.45, 7) is 1.99. The van der Waals surface area contributed by atoms with Gasteiger partial charge in [0.25, 0.3) is 5.91 Å². The normalized spacial score (nSPS) is 14.2. The first-order valence-electron chi connectivity index (χ1n) is 6.44. The van der Waals surface area contributed by atoms with E-state index >= 15 is 0 Å². The van der Waals surface area contributed by atoms with Gasteiger partial charge in [0.05, 0.1) is 5.69 Å². The second kappa shape index (κ2) is 4.80. The average Bonchev–Trinajstić information content (AvgIpc) is 3.23. The van der Waals surface area contributed by atoms with Crippen molar-refractivity contribution in [1.82, 2.24) is 10.2 Å². The van der Waals surface area contributed by atoms with E-state index in [-0.39, 0.29) is 5.91 Å². The van der Waals surface area contributed by atoms with Gasteiger partial charge in [-0.2, -0.15) is 5.10 Å². The number of anilines is 1. The van der Waals surface area contributed by atoms with Crippen molar-refractivity contribution in [3.8, 4) is 0 Å². The third-order valence-corrected chi connectivity index (χ3v) is 3.19. The average molecular weight is 253 g/mol. The summed E-state index contributed by atoms with van der Waals surface area (Å²) in [5.74, 6) is 0.335. The van der Waals surface area contributed by atoms with Gasteiger partial charge < -0.3 is 5.32 Å². The quantitative estimate of drug-likeness (QED) is 0.915. The third-order valence-electron chi connectivity index (χ3n) is 3.19. The molecule has 1 aromatic carbocycles. The molecule has 0 aliphatic heterocycles. The number of rotatable bonds is 3. The Balaban J connectivity index is 1.72. The number of aryl methyl sites for hydroxylation is 1. The second-order valence-corrected chi connectivity index (χ2v) is 4.94. The van der Waals surface area contributed by atoms with Crippen LogP contribution in [-0.4, -0.2) is 16.1 Å². The van der Waals surface area contributed by atoms with Gasteiger partial charge in [-0.3, -0.25) is 4.79 Å². The fourth-order valence-electron chi connectivity index (χ4n) is 1.98. The molecule has 0 atom stereocenters. The first kappa shape index (κ1) is 11.8. The fraction of sp³-hybridized carbons (Fsp3) is 0.267. The van der Waals surface area contributed by atoms with Gasteiger partial charge in [-0.25, -0.2) is 0 Å². The van der Waals surface area contributed by atoms with Crippen LogP contribution in [0.3, 0.4) is 0 Å². The summed E-state index contributed by atoms with van der Waals surface area (Å²) >= 11 is 0. The Labute approximate surface area is 111 Å². The van der Waals surface area contributed by atoms with Crippen molar-refractivity contribution in [2.75, 3.05) is 5.32 Å². The minimum Gasteiger partial charge on any atom is -0.321 e. The van der Waals surface area contributed by atoms with Crippen molar-refractivity contribution in [3.63, 3.8) is 0 Å². The van der Waals surface area contributed by atoms with E-state index in [1.807, 2.05) is 37.3 Å². The van der Waals surface area contributed by atoms with Gasteiger partial charge in [0, 0.05) is 11.6 Å². The molecule has 2 aromatic rings. The maximum absolute atomic E-state index is 12.0. The van der Waals surface area contributed by atoms with Gasteiger partial charge in [0.1, 0.15) is 0 Å². The molecule has 1 aliphatic carbocycles. The molecule has 0 saturated heterocycles. The van der Waals surface area contributed by atoms with Crippen LogP contribution in [0, 0.1) is 6.92 Å². The van der Waals surface area contributed by atoms with Crippen LogP contribution in [0.25, 0.3) is 0 Å². The Hall–Kier alpha value is -2.23. The number of aromatic nitrogens is 2. The van der Waals surface area contributed by atoms with E-state index < -0.39 is 0 Å². The summed E-state index contributed by atoms with van der Waals surface area (Å²) in [5, 5.41) is 10.9. The summed E-state index contributed by atoms with van der Waals surface area (Å²) in [6, 6.07) is 11.3. The molecular weight excluding hydrogens is 238 g/mol. The fourth-order valence-corrected chi connectivity index (χ4v) is 1.98. The number of nitrogens with one attached hydrogen (secondary N) is 1. The molecule has 0 bridgehead atoms. The van der Waals surface area contributed by atoms with Crippen molar-refractivity contribution < 1.29 is 4.79 Å². The third kappa shape index (κ3) is 2.78. The van der Waals surface area contributed by atoms with Gasteiger partial charge in [-0.1, -0.05) is 12.1 Å². The monoisotopic (exact) mass is 253 g/mol. The summed E-state index contributed by atoms with van der Waals surface area (Å²) < 4.78 is 0. The Morgan fingerprint density at radius 3 is 2.68 bits per heavy atom. The number of hydrogen-bond acceptors (Lipinski definition) is 3. The van der Waals surface area contributed by atoms with Crippen molar-refractivity contribution in [2.45, 2.75) is 25.7 Å². The highest BCUT2D eigenvalue weighted by Crippen LogP contribution is 2.38. The second-order valence-electron chi connectivity index (χ2n) is 4.94. The van der Waals surface area contributed by atoms with Gasteiger partial charge >= 0.3 is 0 Å². The van der Waals surface area contributed by atoms with Crippen LogP contribution in [0.15, 0.2) is 36.4 Å². The highest BCUT2D eigenvalue weighted by Gasteiger charge is 2.25. The van der Waals surface area contributed by atoms with Crippen LogP contribution in [0.2, 0.25) is 0 Å². The van der Waals surface area contributed by atoms with E-state index in [1.165, 1.54) is 12.8 Å². The minimum absolute atomic E-state index is 0.222. The van der Waals surface area contributed by atoms with Gasteiger partial charge in [-0.15, -0.1) is 5.10 Å². The molecule has 4 nitrogen and oxygen atoms in total. The molecule has 1 aliphatic rings. The lowest BCUT2D eigenvalue weighted by Crippen LogP contribution is -2.14. The van der Waals surface area contributed by atoms with Gasteiger partial charge in [0.2, 0.25) is 0 Å². The van der Waals surface area contributed by atoms with Crippen molar-refractivity contribution in [3.05, 3.63) is 53.3 Å². The Kier molecular flexibility index (Phi) is 2.99. The number of carbonyl (C=O) groups excluding carboxylic acids is 1. The minimum atomic E-state index is -0.222. The van der Waals surface area contributed by atoms with Crippen molar-refractivity contribution >= 4 is 11.6 Å². The van der Waals surface area contributed by atoms with E-state index in [1.54, 1.807) is 6.07 Å². The number of hydrogen-bond donors (Lipinski definition) is 1. The van der Waals surface area contributed by atoms with Crippen molar-refractivity contribution in [1.29, 1.82) is 0 Å². The molecule has 96 valence electrons. The molecule has 0 spiro atoms. The van der Waals surface area contributed by atoms with Crippen LogP contribution in [0.4, 0.5) is 5.69 Å². The number of nitrogens with zero attached hydrogens (tertiary/aromatic N) is 2. The molecule has 1 amide bonds. The smallest absolute Gasteiger partial charge is 0.276 e. The van der Waals surface area contributed by atoms with Crippen LogP contribution in [0.5, 0.6) is 0 Å². The van der Waals surface area contributed by atoms with E-state index in [9.17, 15) is 4.79 Å². The van der Waals surface area contributed by atoms with Crippen molar-refractivity contribution in [2.24, 2.45) is 0 Å². The summed E-state index contributed by atoms with van der Waals surface area (Å²) in [4.78, 5) is 12.0. The lowest BCUT2D eigenvalue weighted by Gasteiger charge is -2.05. The van der Waals surface area contributed by atoms with Crippen LogP contribution >= 0.6 is 0 Å². The molecule has 1 N–H and O–H groups in total. The Morgan fingerprint density at radius 2 is 2.05 bits per heavy atom. The van der Waals surface area contributed by atoms with E-state index in [0.29, 0.717) is 11.6 Å². The van der Waals surface area contributed by atoms with E-state index in [0.717, 1.165) is 16.9 Å². The Bertz CT molecular complexity index is 603. The molecule has 0 unspecified atom stereocenters. The zero-order valence-corrected chi connectivity index (χ0v) is 10.8. The lowest BCUT2D eigenvalue weighted by atomic mass is 10.2. The number of carbonyl (C=O) groups is 1. The molecule has 0 radical (unpaired) electrons. The van der Waals surface area contributed by atoms with E-state index in [4.69, 9.17) is 0 Å². The molecular formula is C15H15N3O. The summed E-state index contributed by atoms with van der Waals surface area (Å²) in [6.07, 6.45) is 2.37. The first-order valence-corrected chi connectivity index (χ1v) is 6.44. The van der Waals surface area contributed by atoms with Crippen LogP contribution in [-0.2, 0) is 0 Å². The highest BCUT2D eigenvalue weighted by atomic mass is 16.1. The summed E-state index contributed by atoms with van der Waals surface area (Å²) in [5.41, 5.74) is 3.23. The summed E-state index contributed by atoms with van der Waals surface area (Å²) in [7, 11) is 0. The van der Waals surface area contributed by atoms with Crippen LogP contribution in [0.1, 0.15) is 40.5 Å². The van der Waals surface area contributed by atoms with E-state index in [2.05, 4.69) is 15.5 Å². The Morgan fingerprint density at radius 1 is 1.21 bits per heavy atom. The topological polar surface area (TPSA) is 54.9 Å².